The van der Waals surface area contributed by atoms with Crippen LogP contribution in [0.25, 0.3) is 5.76 Å². The summed E-state index contributed by atoms with van der Waals surface area (Å²) in [6.07, 6.45) is 1.47. The van der Waals surface area contributed by atoms with Gasteiger partial charge in [0.1, 0.15) is 5.76 Å². The number of carbonyl (C=O) groups excluding carboxylic acids is 1. The van der Waals surface area contributed by atoms with Gasteiger partial charge in [-0.3, -0.25) is 4.79 Å². The zero-order chi connectivity index (χ0) is 13.4. The molecule has 0 fully saturated rings. The van der Waals surface area contributed by atoms with Gasteiger partial charge in [-0.05, 0) is 18.2 Å². The summed E-state index contributed by atoms with van der Waals surface area (Å²) in [6.45, 7) is 0. The largest absolute Gasteiger partial charge is 0.506 e. The van der Waals surface area contributed by atoms with Crippen molar-refractivity contribution in [2.45, 2.75) is 6.42 Å². The first-order chi connectivity index (χ1) is 9.11. The van der Waals surface area contributed by atoms with Crippen LogP contribution < -0.4 is 5.32 Å². The Kier molecular flexibility index (Phi) is 3.00. The van der Waals surface area contributed by atoms with Gasteiger partial charge in [0.25, 0.3) is 0 Å². The quantitative estimate of drug-likeness (QED) is 0.888. The fourth-order valence-corrected chi connectivity index (χ4v) is 2.96. The number of thiazole rings is 1. The molecule has 0 unspecified atom stereocenters. The molecule has 0 spiro atoms. The van der Waals surface area contributed by atoms with Gasteiger partial charge >= 0.3 is 0 Å². The summed E-state index contributed by atoms with van der Waals surface area (Å²) in [5, 5.41) is 14.1. The molecule has 0 radical (unpaired) electrons. The predicted molar refractivity (Wildman–Crippen MR) is 76.2 cm³/mol. The molecule has 4 nitrogen and oxygen atoms in total. The number of fused-ring (bicyclic) bond motifs is 1. The van der Waals surface area contributed by atoms with Crippen LogP contribution >= 0.6 is 22.9 Å². The van der Waals surface area contributed by atoms with Gasteiger partial charge in [-0.1, -0.05) is 29.0 Å². The zero-order valence-electron chi connectivity index (χ0n) is 9.68. The predicted octanol–water partition coefficient (Wildman–Crippen LogP) is 3.56. The van der Waals surface area contributed by atoms with Crippen molar-refractivity contribution in [1.82, 2.24) is 4.98 Å². The average molecular weight is 293 g/mol. The molecule has 6 heteroatoms. The van der Waals surface area contributed by atoms with Gasteiger partial charge in [-0.25, -0.2) is 4.98 Å². The maximum atomic E-state index is 11.3. The Hall–Kier alpha value is -1.85. The molecule has 0 amide bonds. The second-order valence-corrected chi connectivity index (χ2v) is 5.54. The molecular weight excluding hydrogens is 284 g/mol. The number of hydrogen-bond donors (Lipinski definition) is 2. The van der Waals surface area contributed by atoms with Crippen LogP contribution in [-0.2, 0) is 11.2 Å². The zero-order valence-corrected chi connectivity index (χ0v) is 11.3. The van der Waals surface area contributed by atoms with Gasteiger partial charge < -0.3 is 10.4 Å². The molecule has 1 aliphatic rings. The number of aliphatic hydroxyl groups is 1. The molecule has 0 aliphatic heterocycles. The van der Waals surface area contributed by atoms with E-state index in [0.29, 0.717) is 20.7 Å². The first-order valence-corrected chi connectivity index (χ1v) is 6.77. The van der Waals surface area contributed by atoms with Crippen LogP contribution in [0.4, 0.5) is 10.8 Å². The van der Waals surface area contributed by atoms with E-state index in [4.69, 9.17) is 11.6 Å². The Balaban J connectivity index is 1.90. The number of nitrogens with zero attached hydrogens (tertiary/aromatic N) is 1. The minimum absolute atomic E-state index is 0.0112. The van der Waals surface area contributed by atoms with Crippen molar-refractivity contribution in [2.75, 3.05) is 5.32 Å². The molecule has 2 N–H and O–H groups in total. The number of nitrogens with one attached hydrogen (secondary N) is 1. The molecule has 1 aromatic carbocycles. The second kappa shape index (κ2) is 4.68. The van der Waals surface area contributed by atoms with Crippen LogP contribution in [-0.4, -0.2) is 15.9 Å². The minimum atomic E-state index is -0.135. The maximum Gasteiger partial charge on any atom is 0.188 e. The van der Waals surface area contributed by atoms with Gasteiger partial charge in [0, 0.05) is 16.8 Å². The molecule has 19 heavy (non-hydrogen) atoms. The first-order valence-electron chi connectivity index (χ1n) is 5.58. The van der Waals surface area contributed by atoms with E-state index in [2.05, 4.69) is 10.3 Å². The Morgan fingerprint density at radius 3 is 3.05 bits per heavy atom. The first kappa shape index (κ1) is 12.2. The molecule has 96 valence electrons. The van der Waals surface area contributed by atoms with E-state index in [1.165, 1.54) is 17.4 Å². The van der Waals surface area contributed by atoms with Crippen molar-refractivity contribution >= 4 is 45.3 Å². The number of ketones is 1. The van der Waals surface area contributed by atoms with Crippen LogP contribution in [0.15, 0.2) is 30.3 Å². The normalized spacial score (nSPS) is 13.9. The van der Waals surface area contributed by atoms with Gasteiger partial charge in [0.2, 0.25) is 0 Å². The number of hydrogen-bond acceptors (Lipinski definition) is 5. The van der Waals surface area contributed by atoms with Crippen molar-refractivity contribution < 1.29 is 9.90 Å². The minimum Gasteiger partial charge on any atom is -0.506 e. The third kappa shape index (κ3) is 2.47. The molecule has 1 aromatic heterocycles. The summed E-state index contributed by atoms with van der Waals surface area (Å²) in [5.74, 6) is -0.146. The maximum absolute atomic E-state index is 11.3. The van der Waals surface area contributed by atoms with Crippen molar-refractivity contribution in [3.63, 3.8) is 0 Å². The van der Waals surface area contributed by atoms with Crippen molar-refractivity contribution in [1.29, 1.82) is 0 Å². The Bertz CT molecular complexity index is 694. The Morgan fingerprint density at radius 1 is 1.42 bits per heavy atom. The highest BCUT2D eigenvalue weighted by Crippen LogP contribution is 2.33. The van der Waals surface area contributed by atoms with Crippen LogP contribution in [0.1, 0.15) is 10.6 Å². The third-order valence-corrected chi connectivity index (χ3v) is 3.92. The Morgan fingerprint density at radius 2 is 2.26 bits per heavy atom. The molecule has 1 aliphatic carbocycles. The highest BCUT2D eigenvalue weighted by Gasteiger charge is 2.22. The number of benzene rings is 1. The van der Waals surface area contributed by atoms with E-state index in [0.717, 1.165) is 5.69 Å². The molecule has 0 saturated heterocycles. The molecule has 1 heterocycles. The molecule has 0 saturated carbocycles. The van der Waals surface area contributed by atoms with Gasteiger partial charge in [-0.2, -0.15) is 0 Å². The standard InChI is InChI=1S/C13H9ClN2O2S/c14-7-2-1-3-8(4-7)15-13-16-10-5-9(17)6-11(18)12(10)19-13/h1-4,6,18H,5H2,(H,15,16). The highest BCUT2D eigenvalue weighted by atomic mass is 35.5. The molecule has 2 aromatic rings. The monoisotopic (exact) mass is 292 g/mol. The van der Waals surface area contributed by atoms with Gasteiger partial charge in [0.05, 0.1) is 17.0 Å². The third-order valence-electron chi connectivity index (χ3n) is 2.65. The SMILES string of the molecule is O=C1C=C(O)c2sc(Nc3cccc(Cl)c3)nc2C1. The van der Waals surface area contributed by atoms with Crippen molar-refractivity contribution in [2.24, 2.45) is 0 Å². The molecular formula is C13H9ClN2O2S. The summed E-state index contributed by atoms with van der Waals surface area (Å²) >= 11 is 7.21. The van der Waals surface area contributed by atoms with Crippen LogP contribution in [0.5, 0.6) is 0 Å². The van der Waals surface area contributed by atoms with Gasteiger partial charge in [0.15, 0.2) is 10.9 Å². The number of halogens is 1. The summed E-state index contributed by atoms with van der Waals surface area (Å²) in [7, 11) is 0. The van der Waals surface area contributed by atoms with E-state index < -0.39 is 0 Å². The lowest BCUT2D eigenvalue weighted by atomic mass is 10.1. The fraction of sp³-hybridized carbons (Fsp3) is 0.0769. The fourth-order valence-electron chi connectivity index (χ4n) is 1.85. The van der Waals surface area contributed by atoms with E-state index in [9.17, 15) is 9.90 Å². The lowest BCUT2D eigenvalue weighted by molar-refractivity contribution is -0.114. The van der Waals surface area contributed by atoms with E-state index in [1.54, 1.807) is 12.1 Å². The second-order valence-electron chi connectivity index (χ2n) is 4.10. The highest BCUT2D eigenvalue weighted by molar-refractivity contribution is 7.16. The number of aromatic nitrogens is 1. The number of carbonyl (C=O) groups is 1. The lowest BCUT2D eigenvalue weighted by Gasteiger charge is -2.04. The number of allylic oxidation sites excluding steroid dienone is 1. The lowest BCUT2D eigenvalue weighted by Crippen LogP contribution is -2.07. The van der Waals surface area contributed by atoms with Crippen LogP contribution in [0.3, 0.4) is 0 Å². The summed E-state index contributed by atoms with van der Waals surface area (Å²) in [6, 6.07) is 7.27. The van der Waals surface area contributed by atoms with Crippen molar-refractivity contribution in [3.8, 4) is 0 Å². The molecule has 3 rings (SSSR count). The van der Waals surface area contributed by atoms with Gasteiger partial charge in [-0.15, -0.1) is 0 Å². The topological polar surface area (TPSA) is 62.2 Å². The summed E-state index contributed by atoms with van der Waals surface area (Å²) < 4.78 is 0. The number of aliphatic hydroxyl groups excluding tert-OH is 1. The average Bonchev–Trinajstić information content (AvgIpc) is 2.71. The number of rotatable bonds is 2. The number of anilines is 2. The summed E-state index contributed by atoms with van der Waals surface area (Å²) in [5.41, 5.74) is 1.42. The van der Waals surface area contributed by atoms with Crippen LogP contribution in [0.2, 0.25) is 5.02 Å². The van der Waals surface area contributed by atoms with E-state index >= 15 is 0 Å². The summed E-state index contributed by atoms with van der Waals surface area (Å²) in [4.78, 5) is 16.3. The van der Waals surface area contributed by atoms with E-state index in [1.807, 2.05) is 12.1 Å². The molecule has 0 bridgehead atoms. The van der Waals surface area contributed by atoms with Crippen molar-refractivity contribution in [3.05, 3.63) is 45.9 Å². The Labute approximate surface area is 118 Å². The smallest absolute Gasteiger partial charge is 0.188 e. The van der Waals surface area contributed by atoms with E-state index in [-0.39, 0.29) is 18.0 Å². The van der Waals surface area contributed by atoms with Crippen LogP contribution in [0, 0.1) is 0 Å². The molecule has 0 atom stereocenters.